The highest BCUT2D eigenvalue weighted by Crippen LogP contribution is 2.26. The van der Waals surface area contributed by atoms with E-state index in [1.807, 2.05) is 73.7 Å². The summed E-state index contributed by atoms with van der Waals surface area (Å²) < 4.78 is 11.3. The fourth-order valence-corrected chi connectivity index (χ4v) is 2.81. The van der Waals surface area contributed by atoms with Crippen LogP contribution in [0.15, 0.2) is 66.7 Å². The zero-order valence-corrected chi connectivity index (χ0v) is 14.9. The van der Waals surface area contributed by atoms with Crippen molar-refractivity contribution in [2.24, 2.45) is 0 Å². The van der Waals surface area contributed by atoms with E-state index in [1.54, 1.807) is 0 Å². The highest BCUT2D eigenvalue weighted by molar-refractivity contribution is 6.02. The number of ether oxygens (including phenoxy) is 2. The van der Waals surface area contributed by atoms with Crippen molar-refractivity contribution in [3.8, 4) is 11.5 Å². The smallest absolute Gasteiger partial charge is 0.224 e. The lowest BCUT2D eigenvalue weighted by molar-refractivity contribution is -0.116. The lowest BCUT2D eigenvalue weighted by atomic mass is 10.1. The van der Waals surface area contributed by atoms with Gasteiger partial charge in [0.05, 0.1) is 13.2 Å². The van der Waals surface area contributed by atoms with Gasteiger partial charge in [0.2, 0.25) is 5.91 Å². The summed E-state index contributed by atoms with van der Waals surface area (Å²) in [4.78, 5) is 12.2. The molecule has 0 radical (unpaired) electrons. The molecule has 0 aliphatic heterocycles. The Kier molecular flexibility index (Phi) is 6.09. The zero-order valence-electron chi connectivity index (χ0n) is 14.9. The Morgan fingerprint density at radius 2 is 1.58 bits per heavy atom. The Morgan fingerprint density at radius 1 is 0.885 bits per heavy atom. The molecule has 1 amide bonds. The van der Waals surface area contributed by atoms with Gasteiger partial charge in [0, 0.05) is 17.5 Å². The van der Waals surface area contributed by atoms with E-state index in [2.05, 4.69) is 5.32 Å². The minimum absolute atomic E-state index is 0.0111. The number of anilines is 1. The molecule has 26 heavy (non-hydrogen) atoms. The SMILES string of the molecule is CCOc1ccccc1OCCCC(=O)Nc1cccc2ccccc12. The lowest BCUT2D eigenvalue weighted by Crippen LogP contribution is -2.13. The Morgan fingerprint density at radius 3 is 2.38 bits per heavy atom. The first-order valence-corrected chi connectivity index (χ1v) is 8.90. The molecule has 0 saturated heterocycles. The first-order valence-electron chi connectivity index (χ1n) is 8.90. The Bertz CT molecular complexity index is 871. The quantitative estimate of drug-likeness (QED) is 0.580. The maximum absolute atomic E-state index is 12.2. The number of nitrogens with one attached hydrogen (secondary N) is 1. The van der Waals surface area contributed by atoms with Gasteiger partial charge in [0.25, 0.3) is 0 Å². The lowest BCUT2D eigenvalue weighted by Gasteiger charge is -2.12. The summed E-state index contributed by atoms with van der Waals surface area (Å²) in [5.74, 6) is 1.43. The van der Waals surface area contributed by atoms with Gasteiger partial charge < -0.3 is 14.8 Å². The molecule has 0 aliphatic carbocycles. The van der Waals surface area contributed by atoms with Gasteiger partial charge in [-0.25, -0.2) is 0 Å². The number of rotatable bonds is 8. The molecule has 4 nitrogen and oxygen atoms in total. The van der Waals surface area contributed by atoms with Crippen molar-refractivity contribution < 1.29 is 14.3 Å². The van der Waals surface area contributed by atoms with Crippen LogP contribution in [0.2, 0.25) is 0 Å². The van der Waals surface area contributed by atoms with E-state index in [0.29, 0.717) is 31.8 Å². The third-order valence-corrected chi connectivity index (χ3v) is 4.02. The number of amides is 1. The van der Waals surface area contributed by atoms with Crippen LogP contribution >= 0.6 is 0 Å². The summed E-state index contributed by atoms with van der Waals surface area (Å²) in [6, 6.07) is 21.5. The molecule has 0 unspecified atom stereocenters. The second kappa shape index (κ2) is 8.90. The Balaban J connectivity index is 1.50. The van der Waals surface area contributed by atoms with E-state index in [9.17, 15) is 4.79 Å². The normalized spacial score (nSPS) is 10.5. The predicted octanol–water partition coefficient (Wildman–Crippen LogP) is 5.04. The molecular weight excluding hydrogens is 326 g/mol. The van der Waals surface area contributed by atoms with Crippen LogP contribution in [0, 0.1) is 0 Å². The van der Waals surface area contributed by atoms with Crippen LogP contribution < -0.4 is 14.8 Å². The minimum Gasteiger partial charge on any atom is -0.490 e. The van der Waals surface area contributed by atoms with E-state index in [0.717, 1.165) is 22.2 Å². The van der Waals surface area contributed by atoms with E-state index in [4.69, 9.17) is 9.47 Å². The second-order valence-corrected chi connectivity index (χ2v) is 5.91. The molecule has 3 rings (SSSR count). The van der Waals surface area contributed by atoms with Gasteiger partial charge in [-0.1, -0.05) is 48.5 Å². The van der Waals surface area contributed by atoms with Crippen LogP contribution in [0.1, 0.15) is 19.8 Å². The van der Waals surface area contributed by atoms with Gasteiger partial charge in [-0.05, 0) is 36.9 Å². The fourth-order valence-electron chi connectivity index (χ4n) is 2.81. The van der Waals surface area contributed by atoms with Crippen molar-refractivity contribution in [3.05, 3.63) is 66.7 Å². The summed E-state index contributed by atoms with van der Waals surface area (Å²) in [5.41, 5.74) is 0.843. The van der Waals surface area contributed by atoms with Crippen molar-refractivity contribution in [2.75, 3.05) is 18.5 Å². The first kappa shape index (κ1) is 17.8. The molecule has 0 aromatic heterocycles. The molecule has 0 heterocycles. The van der Waals surface area contributed by atoms with Crippen molar-refractivity contribution in [3.63, 3.8) is 0 Å². The third kappa shape index (κ3) is 4.54. The van der Waals surface area contributed by atoms with Gasteiger partial charge in [-0.2, -0.15) is 0 Å². The number of benzene rings is 3. The Labute approximate surface area is 153 Å². The fraction of sp³-hybridized carbons (Fsp3) is 0.227. The van der Waals surface area contributed by atoms with Crippen LogP contribution in [0.25, 0.3) is 10.8 Å². The molecule has 0 fully saturated rings. The number of carbonyl (C=O) groups excluding carboxylic acids is 1. The predicted molar refractivity (Wildman–Crippen MR) is 105 cm³/mol. The average molecular weight is 349 g/mol. The van der Waals surface area contributed by atoms with Gasteiger partial charge in [-0.3, -0.25) is 4.79 Å². The van der Waals surface area contributed by atoms with E-state index < -0.39 is 0 Å². The summed E-state index contributed by atoms with van der Waals surface area (Å²) in [6.45, 7) is 3.00. The number of hydrogen-bond acceptors (Lipinski definition) is 3. The van der Waals surface area contributed by atoms with Gasteiger partial charge >= 0.3 is 0 Å². The number of fused-ring (bicyclic) bond motifs is 1. The molecule has 0 bridgehead atoms. The maximum atomic E-state index is 12.2. The molecular formula is C22H23NO3. The van der Waals surface area contributed by atoms with Crippen LogP contribution in [-0.4, -0.2) is 19.1 Å². The summed E-state index contributed by atoms with van der Waals surface area (Å²) in [6.07, 6.45) is 1.04. The van der Waals surface area contributed by atoms with E-state index >= 15 is 0 Å². The molecule has 1 N–H and O–H groups in total. The molecule has 0 atom stereocenters. The number of carbonyl (C=O) groups is 1. The monoisotopic (exact) mass is 349 g/mol. The van der Waals surface area contributed by atoms with Gasteiger partial charge in [-0.15, -0.1) is 0 Å². The second-order valence-electron chi connectivity index (χ2n) is 5.91. The Hall–Kier alpha value is -3.01. The summed E-state index contributed by atoms with van der Waals surface area (Å²) in [5, 5.41) is 5.15. The van der Waals surface area contributed by atoms with Gasteiger partial charge in [0.15, 0.2) is 11.5 Å². The van der Waals surface area contributed by atoms with Crippen molar-refractivity contribution in [1.82, 2.24) is 0 Å². The summed E-state index contributed by atoms with van der Waals surface area (Å²) >= 11 is 0. The van der Waals surface area contributed by atoms with E-state index in [1.165, 1.54) is 0 Å². The number of para-hydroxylation sites is 2. The molecule has 0 saturated carbocycles. The maximum Gasteiger partial charge on any atom is 0.224 e. The minimum atomic E-state index is -0.0111. The molecule has 0 aliphatic rings. The van der Waals surface area contributed by atoms with Crippen LogP contribution in [0.3, 0.4) is 0 Å². The summed E-state index contributed by atoms with van der Waals surface area (Å²) in [7, 11) is 0. The molecule has 4 heteroatoms. The van der Waals surface area contributed by atoms with Crippen LogP contribution in [-0.2, 0) is 4.79 Å². The molecule has 134 valence electrons. The molecule has 0 spiro atoms. The average Bonchev–Trinajstić information content (AvgIpc) is 2.67. The van der Waals surface area contributed by atoms with Crippen molar-refractivity contribution >= 4 is 22.4 Å². The standard InChI is InChI=1S/C22H23NO3/c1-2-25-20-13-5-6-14-21(20)26-16-8-15-22(24)23-19-12-7-10-17-9-3-4-11-18(17)19/h3-7,9-14H,2,8,15-16H2,1H3,(H,23,24). The first-order chi connectivity index (χ1) is 12.8. The topological polar surface area (TPSA) is 47.6 Å². The highest BCUT2D eigenvalue weighted by atomic mass is 16.5. The molecule has 3 aromatic rings. The number of hydrogen-bond donors (Lipinski definition) is 1. The largest absolute Gasteiger partial charge is 0.490 e. The van der Waals surface area contributed by atoms with Crippen LogP contribution in [0.5, 0.6) is 11.5 Å². The third-order valence-electron chi connectivity index (χ3n) is 4.02. The van der Waals surface area contributed by atoms with Crippen LogP contribution in [0.4, 0.5) is 5.69 Å². The van der Waals surface area contributed by atoms with Crippen molar-refractivity contribution in [2.45, 2.75) is 19.8 Å². The zero-order chi connectivity index (χ0) is 18.2. The van der Waals surface area contributed by atoms with Gasteiger partial charge in [0.1, 0.15) is 0 Å². The van der Waals surface area contributed by atoms with E-state index in [-0.39, 0.29) is 5.91 Å². The molecule has 3 aromatic carbocycles. The van der Waals surface area contributed by atoms with Crippen molar-refractivity contribution in [1.29, 1.82) is 0 Å². The highest BCUT2D eigenvalue weighted by Gasteiger charge is 2.07.